The van der Waals surface area contributed by atoms with E-state index in [1.54, 1.807) is 0 Å². The van der Waals surface area contributed by atoms with Crippen LogP contribution in [0, 0.1) is 6.92 Å². The van der Waals surface area contributed by atoms with E-state index in [1.807, 2.05) is 12.1 Å². The maximum atomic E-state index is 10.2. The molecule has 3 nitrogen and oxygen atoms in total. The summed E-state index contributed by atoms with van der Waals surface area (Å²) >= 11 is 0. The van der Waals surface area contributed by atoms with Gasteiger partial charge in [-0.25, -0.2) is 0 Å². The first-order valence-corrected chi connectivity index (χ1v) is 6.30. The lowest BCUT2D eigenvalue weighted by atomic mass is 10.1. The minimum absolute atomic E-state index is 0.395. The van der Waals surface area contributed by atoms with E-state index in [9.17, 15) is 5.11 Å². The van der Waals surface area contributed by atoms with Crippen molar-refractivity contribution in [2.75, 3.05) is 32.8 Å². The second-order valence-electron chi connectivity index (χ2n) is 4.70. The highest BCUT2D eigenvalue weighted by molar-refractivity contribution is 5.24. The Bertz CT molecular complexity index is 346. The van der Waals surface area contributed by atoms with Crippen LogP contribution in [0.15, 0.2) is 24.3 Å². The van der Waals surface area contributed by atoms with Gasteiger partial charge in [0.05, 0.1) is 12.7 Å². The van der Waals surface area contributed by atoms with Crippen molar-refractivity contribution in [1.82, 2.24) is 4.90 Å². The number of aliphatic hydroxyl groups excluding tert-OH is 1. The molecule has 0 bridgehead atoms. The summed E-state index contributed by atoms with van der Waals surface area (Å²) in [7, 11) is 0. The quantitative estimate of drug-likeness (QED) is 0.866. The molecule has 0 saturated carbocycles. The molecule has 1 aliphatic rings. The number of rotatable bonds is 3. The first-order valence-electron chi connectivity index (χ1n) is 6.30. The smallest absolute Gasteiger partial charge is 0.0917 e. The van der Waals surface area contributed by atoms with E-state index in [2.05, 4.69) is 24.0 Å². The Morgan fingerprint density at radius 3 is 3.06 bits per heavy atom. The van der Waals surface area contributed by atoms with Crippen LogP contribution in [0.1, 0.15) is 23.7 Å². The molecule has 17 heavy (non-hydrogen) atoms. The first-order chi connectivity index (χ1) is 8.25. The van der Waals surface area contributed by atoms with Crippen LogP contribution in [0.5, 0.6) is 0 Å². The molecule has 1 fully saturated rings. The van der Waals surface area contributed by atoms with Crippen LogP contribution in [0.25, 0.3) is 0 Å². The average molecular weight is 235 g/mol. The predicted molar refractivity (Wildman–Crippen MR) is 68.0 cm³/mol. The average Bonchev–Trinajstić information content (AvgIpc) is 2.57. The van der Waals surface area contributed by atoms with Gasteiger partial charge in [0.1, 0.15) is 0 Å². The van der Waals surface area contributed by atoms with Gasteiger partial charge in [0.25, 0.3) is 0 Å². The Hall–Kier alpha value is -0.900. The topological polar surface area (TPSA) is 32.7 Å². The lowest BCUT2D eigenvalue weighted by Crippen LogP contribution is -2.31. The van der Waals surface area contributed by atoms with E-state index in [-0.39, 0.29) is 0 Å². The van der Waals surface area contributed by atoms with E-state index in [0.717, 1.165) is 38.3 Å². The van der Waals surface area contributed by atoms with Gasteiger partial charge in [0.2, 0.25) is 0 Å². The number of β-amino-alcohol motifs (C(OH)–C–C–N with tert-alkyl or cyclic N) is 1. The number of ether oxygens (including phenoxy) is 1. The van der Waals surface area contributed by atoms with Gasteiger partial charge in [-0.1, -0.05) is 29.8 Å². The second-order valence-corrected chi connectivity index (χ2v) is 4.70. The van der Waals surface area contributed by atoms with Crippen molar-refractivity contribution in [3.05, 3.63) is 35.4 Å². The third-order valence-electron chi connectivity index (χ3n) is 3.17. The molecule has 0 spiro atoms. The molecule has 1 unspecified atom stereocenters. The second kappa shape index (κ2) is 6.15. The summed E-state index contributed by atoms with van der Waals surface area (Å²) < 4.78 is 5.41. The molecule has 0 radical (unpaired) electrons. The molecule has 0 amide bonds. The van der Waals surface area contributed by atoms with Crippen LogP contribution >= 0.6 is 0 Å². The molecule has 1 heterocycles. The number of nitrogens with zero attached hydrogens (tertiary/aromatic N) is 1. The van der Waals surface area contributed by atoms with Crippen LogP contribution in [0.4, 0.5) is 0 Å². The number of hydrogen-bond donors (Lipinski definition) is 1. The summed E-state index contributed by atoms with van der Waals surface area (Å²) in [5.74, 6) is 0. The van der Waals surface area contributed by atoms with Crippen LogP contribution < -0.4 is 0 Å². The molecule has 94 valence electrons. The van der Waals surface area contributed by atoms with Gasteiger partial charge in [0, 0.05) is 26.2 Å². The van der Waals surface area contributed by atoms with Crippen molar-refractivity contribution in [2.45, 2.75) is 19.4 Å². The number of aryl methyl sites for hydroxylation is 1. The van der Waals surface area contributed by atoms with Crippen molar-refractivity contribution >= 4 is 0 Å². The summed E-state index contributed by atoms with van der Waals surface area (Å²) in [6.07, 6.45) is 0.661. The Kier molecular flexibility index (Phi) is 4.54. The molecule has 0 aliphatic carbocycles. The fourth-order valence-electron chi connectivity index (χ4n) is 2.21. The maximum Gasteiger partial charge on any atom is 0.0917 e. The van der Waals surface area contributed by atoms with Crippen molar-refractivity contribution in [1.29, 1.82) is 0 Å². The van der Waals surface area contributed by atoms with E-state index in [1.165, 1.54) is 5.56 Å². The number of hydrogen-bond acceptors (Lipinski definition) is 3. The zero-order chi connectivity index (χ0) is 12.1. The highest BCUT2D eigenvalue weighted by Gasteiger charge is 2.15. The molecular formula is C14H21NO2. The zero-order valence-corrected chi connectivity index (χ0v) is 10.4. The summed E-state index contributed by atoms with van der Waals surface area (Å²) in [6.45, 7) is 6.31. The monoisotopic (exact) mass is 235 g/mol. The minimum atomic E-state index is -0.395. The lowest BCUT2D eigenvalue weighted by Gasteiger charge is -2.22. The van der Waals surface area contributed by atoms with Crippen molar-refractivity contribution < 1.29 is 9.84 Å². The summed E-state index contributed by atoms with van der Waals surface area (Å²) in [5.41, 5.74) is 2.20. The third-order valence-corrected chi connectivity index (χ3v) is 3.17. The molecule has 1 aromatic carbocycles. The Morgan fingerprint density at radius 2 is 2.24 bits per heavy atom. The molecule has 1 N–H and O–H groups in total. The van der Waals surface area contributed by atoms with Crippen LogP contribution in [-0.4, -0.2) is 42.9 Å². The van der Waals surface area contributed by atoms with Crippen LogP contribution in [-0.2, 0) is 4.74 Å². The molecule has 1 aromatic rings. The highest BCUT2D eigenvalue weighted by atomic mass is 16.5. The molecular weight excluding hydrogens is 214 g/mol. The lowest BCUT2D eigenvalue weighted by molar-refractivity contribution is 0.103. The van der Waals surface area contributed by atoms with E-state index in [4.69, 9.17) is 4.74 Å². The molecule has 1 aliphatic heterocycles. The Morgan fingerprint density at radius 1 is 1.35 bits per heavy atom. The maximum absolute atomic E-state index is 10.2. The van der Waals surface area contributed by atoms with E-state index >= 15 is 0 Å². The summed E-state index contributed by atoms with van der Waals surface area (Å²) in [6, 6.07) is 8.10. The molecule has 0 aromatic heterocycles. The first kappa shape index (κ1) is 12.6. The van der Waals surface area contributed by atoms with Crippen LogP contribution in [0.3, 0.4) is 0 Å². The van der Waals surface area contributed by atoms with Gasteiger partial charge in [-0.2, -0.15) is 0 Å². The Balaban J connectivity index is 1.93. The standard InChI is InChI=1S/C14H21NO2/c1-12-4-2-5-13(10-12)14(16)11-15-6-3-8-17-9-7-15/h2,4-5,10,14,16H,3,6-9,11H2,1H3. The fraction of sp³-hybridized carbons (Fsp3) is 0.571. The Labute approximate surface area is 103 Å². The van der Waals surface area contributed by atoms with Crippen molar-refractivity contribution in [2.24, 2.45) is 0 Å². The fourth-order valence-corrected chi connectivity index (χ4v) is 2.21. The number of benzene rings is 1. The third kappa shape index (κ3) is 3.80. The van der Waals surface area contributed by atoms with Gasteiger partial charge in [-0.3, -0.25) is 4.90 Å². The van der Waals surface area contributed by atoms with Gasteiger partial charge in [-0.05, 0) is 18.9 Å². The normalized spacial score (nSPS) is 19.9. The van der Waals surface area contributed by atoms with Crippen molar-refractivity contribution in [3.8, 4) is 0 Å². The molecule has 1 saturated heterocycles. The minimum Gasteiger partial charge on any atom is -0.387 e. The number of aliphatic hydroxyl groups is 1. The summed E-state index contributed by atoms with van der Waals surface area (Å²) in [5, 5.41) is 10.2. The van der Waals surface area contributed by atoms with E-state index < -0.39 is 6.10 Å². The van der Waals surface area contributed by atoms with E-state index in [0.29, 0.717) is 6.54 Å². The van der Waals surface area contributed by atoms with Gasteiger partial charge in [0.15, 0.2) is 0 Å². The van der Waals surface area contributed by atoms with Crippen molar-refractivity contribution in [3.63, 3.8) is 0 Å². The van der Waals surface area contributed by atoms with Crippen LogP contribution in [0.2, 0.25) is 0 Å². The predicted octanol–water partition coefficient (Wildman–Crippen LogP) is 1.75. The van der Waals surface area contributed by atoms with Gasteiger partial charge < -0.3 is 9.84 Å². The SMILES string of the molecule is Cc1cccc(C(O)CN2CCCOCC2)c1. The molecule has 2 rings (SSSR count). The zero-order valence-electron chi connectivity index (χ0n) is 10.4. The molecule has 3 heteroatoms. The summed E-state index contributed by atoms with van der Waals surface area (Å²) in [4.78, 5) is 2.28. The molecule has 1 atom stereocenters. The largest absolute Gasteiger partial charge is 0.387 e. The van der Waals surface area contributed by atoms with Gasteiger partial charge >= 0.3 is 0 Å². The highest BCUT2D eigenvalue weighted by Crippen LogP contribution is 2.16. The van der Waals surface area contributed by atoms with Gasteiger partial charge in [-0.15, -0.1) is 0 Å².